The highest BCUT2D eigenvalue weighted by atomic mass is 32.2. The number of fused-ring (bicyclic) bond motifs is 1. The van der Waals surface area contributed by atoms with Crippen LogP contribution in [0, 0.1) is 5.82 Å². The lowest BCUT2D eigenvalue weighted by molar-refractivity contribution is -0.169. The Morgan fingerprint density at radius 1 is 0.944 bits per heavy atom. The average Bonchev–Trinajstić information content (AvgIpc) is 3.61. The molecule has 0 radical (unpaired) electrons. The van der Waals surface area contributed by atoms with Crippen molar-refractivity contribution in [2.45, 2.75) is 31.5 Å². The van der Waals surface area contributed by atoms with Crippen molar-refractivity contribution >= 4 is 33.7 Å². The molecule has 1 atom stereocenters. The van der Waals surface area contributed by atoms with Gasteiger partial charge in [0.2, 0.25) is 0 Å². The predicted molar refractivity (Wildman–Crippen MR) is 134 cm³/mol. The number of halogens is 1. The quantitative estimate of drug-likeness (QED) is 0.619. The highest BCUT2D eigenvalue weighted by molar-refractivity contribution is 7.80. The number of piperidine rings is 1. The summed E-state index contributed by atoms with van der Waals surface area (Å²) in [5.41, 5.74) is 1.86. The first kappa shape index (κ1) is 24.2. The number of anilines is 1. The van der Waals surface area contributed by atoms with E-state index in [0.29, 0.717) is 81.8 Å². The Morgan fingerprint density at radius 3 is 2.31 bits per heavy atom. The molecule has 0 N–H and O–H groups in total. The molecule has 4 saturated heterocycles. The van der Waals surface area contributed by atoms with Gasteiger partial charge in [0.15, 0.2) is 17.0 Å². The van der Waals surface area contributed by atoms with Gasteiger partial charge >= 0.3 is 0 Å². The molecule has 194 valence electrons. The molecule has 0 aliphatic carbocycles. The van der Waals surface area contributed by atoms with Crippen molar-refractivity contribution in [2.24, 2.45) is 0 Å². The lowest BCUT2D eigenvalue weighted by Crippen LogP contribution is -2.52. The monoisotopic (exact) mass is 517 g/mol. The lowest BCUT2D eigenvalue weighted by Gasteiger charge is -2.40. The number of ether oxygens (including phenoxy) is 2. The van der Waals surface area contributed by atoms with Crippen LogP contribution >= 0.6 is 0 Å². The number of carbonyl (C=O) groups is 1. The topological polar surface area (TPSA) is 78.5 Å². The molecule has 9 nitrogen and oxygen atoms in total. The zero-order valence-corrected chi connectivity index (χ0v) is 21.2. The highest BCUT2D eigenvalue weighted by Gasteiger charge is 2.41. The fraction of sp³-hybridized carbons (Fsp3) is 0.600. The van der Waals surface area contributed by atoms with E-state index in [-0.39, 0.29) is 11.7 Å². The van der Waals surface area contributed by atoms with E-state index >= 15 is 0 Å². The molecule has 5 heterocycles. The van der Waals surface area contributed by atoms with Crippen molar-refractivity contribution in [1.82, 2.24) is 18.5 Å². The van der Waals surface area contributed by atoms with Gasteiger partial charge in [-0.3, -0.25) is 9.78 Å². The third-order valence-electron chi connectivity index (χ3n) is 7.72. The summed E-state index contributed by atoms with van der Waals surface area (Å²) in [6, 6.07) is 4.52. The van der Waals surface area contributed by atoms with Gasteiger partial charge in [-0.2, -0.15) is 0 Å². The molecule has 1 spiro atoms. The number of aromatic nitrogens is 1. The van der Waals surface area contributed by atoms with Crippen molar-refractivity contribution < 1.29 is 22.9 Å². The summed E-state index contributed by atoms with van der Waals surface area (Å²) in [5.74, 6) is -1.02. The molecule has 36 heavy (non-hydrogen) atoms. The number of carbonyl (C=O) groups excluding carboxylic acids is 1. The van der Waals surface area contributed by atoms with E-state index in [0.717, 1.165) is 31.6 Å². The van der Waals surface area contributed by atoms with Gasteiger partial charge in [-0.05, 0) is 31.0 Å². The first-order chi connectivity index (χ1) is 17.5. The van der Waals surface area contributed by atoms with Crippen LogP contribution in [0.3, 0.4) is 0 Å². The number of piperazine rings is 1. The zero-order valence-electron chi connectivity index (χ0n) is 20.4. The molecule has 6 rings (SSSR count). The summed E-state index contributed by atoms with van der Waals surface area (Å²) < 4.78 is 42.9. The second-order valence-corrected chi connectivity index (χ2v) is 11.4. The van der Waals surface area contributed by atoms with Crippen LogP contribution in [0.2, 0.25) is 0 Å². The van der Waals surface area contributed by atoms with E-state index in [4.69, 9.17) is 9.47 Å². The Balaban J connectivity index is 1.24. The molecule has 4 aliphatic rings. The van der Waals surface area contributed by atoms with Crippen LogP contribution in [0.15, 0.2) is 24.4 Å². The van der Waals surface area contributed by atoms with Crippen molar-refractivity contribution in [3.05, 3.63) is 35.8 Å². The zero-order chi connectivity index (χ0) is 24.7. The summed E-state index contributed by atoms with van der Waals surface area (Å²) in [6.07, 6.45) is 5.15. The van der Waals surface area contributed by atoms with Crippen molar-refractivity contribution in [2.75, 3.05) is 70.5 Å². The maximum atomic E-state index is 14.3. The normalized spacial score (nSPS) is 24.1. The van der Waals surface area contributed by atoms with Crippen molar-refractivity contribution in [3.63, 3.8) is 0 Å². The number of rotatable bonds is 4. The fourth-order valence-electron chi connectivity index (χ4n) is 5.73. The molecule has 0 saturated carbocycles. The van der Waals surface area contributed by atoms with Crippen LogP contribution in [0.4, 0.5) is 10.1 Å². The number of amides is 1. The van der Waals surface area contributed by atoms with Crippen LogP contribution < -0.4 is 4.90 Å². The number of hydrogen-bond donors (Lipinski definition) is 0. The van der Waals surface area contributed by atoms with Gasteiger partial charge in [-0.25, -0.2) is 17.2 Å². The van der Waals surface area contributed by atoms with Gasteiger partial charge in [-0.15, -0.1) is 0 Å². The fourth-order valence-corrected chi connectivity index (χ4v) is 7.10. The third-order valence-corrected chi connectivity index (χ3v) is 9.33. The smallest absolute Gasteiger partial charge is 0.257 e. The molecule has 4 aliphatic heterocycles. The van der Waals surface area contributed by atoms with Gasteiger partial charge < -0.3 is 19.3 Å². The van der Waals surface area contributed by atoms with E-state index in [9.17, 15) is 13.4 Å². The minimum absolute atomic E-state index is 0.121. The maximum absolute atomic E-state index is 14.3. The third kappa shape index (κ3) is 4.51. The molecular formula is C25H32FN5O4S. The standard InChI is InChI=1S/C25H32FN5O4S/c26-19-3-4-22-20(17-19)23(28-9-5-25(6-10-28)34-15-16-35-25)21(18-27-22)24(32)29-11-13-31(14-12-29)36(33)30-7-1-2-8-30/h3-4,17-18H,1-2,5-16H2. The molecule has 0 bridgehead atoms. The minimum atomic E-state index is -1.15. The van der Waals surface area contributed by atoms with E-state index in [1.54, 1.807) is 17.2 Å². The molecule has 1 unspecified atom stereocenters. The van der Waals surface area contributed by atoms with Crippen molar-refractivity contribution in [1.29, 1.82) is 0 Å². The number of nitrogens with zero attached hydrogens (tertiary/aromatic N) is 5. The van der Waals surface area contributed by atoms with E-state index in [1.165, 1.54) is 12.1 Å². The van der Waals surface area contributed by atoms with Crippen LogP contribution in [0.1, 0.15) is 36.0 Å². The van der Waals surface area contributed by atoms with Crippen LogP contribution in [0.5, 0.6) is 0 Å². The molecule has 1 aromatic carbocycles. The van der Waals surface area contributed by atoms with Crippen LogP contribution in [-0.2, 0) is 20.6 Å². The van der Waals surface area contributed by atoms with E-state index < -0.39 is 17.0 Å². The Kier molecular flexibility index (Phi) is 6.67. The molecule has 1 amide bonds. The Morgan fingerprint density at radius 2 is 1.61 bits per heavy atom. The second-order valence-electron chi connectivity index (χ2n) is 9.86. The van der Waals surface area contributed by atoms with Gasteiger partial charge in [-0.1, -0.05) is 0 Å². The summed E-state index contributed by atoms with van der Waals surface area (Å²) in [4.78, 5) is 22.2. The first-order valence-corrected chi connectivity index (χ1v) is 13.9. The summed E-state index contributed by atoms with van der Waals surface area (Å²) in [6.45, 7) is 6.29. The SMILES string of the molecule is O=C(c1cnc2ccc(F)cc2c1N1CCC2(CC1)OCCO2)N1CCN(S(=O)N2CCCC2)CC1. The molecule has 4 fully saturated rings. The van der Waals surface area contributed by atoms with Crippen LogP contribution in [-0.4, -0.2) is 100.0 Å². The van der Waals surface area contributed by atoms with Gasteiger partial charge in [0, 0.05) is 76.8 Å². The number of pyridine rings is 1. The van der Waals surface area contributed by atoms with Gasteiger partial charge in [0.1, 0.15) is 5.82 Å². The molecule has 2 aromatic rings. The highest BCUT2D eigenvalue weighted by Crippen LogP contribution is 2.37. The van der Waals surface area contributed by atoms with E-state index in [2.05, 4.69) is 9.88 Å². The van der Waals surface area contributed by atoms with Gasteiger partial charge in [0.05, 0.1) is 30.0 Å². The minimum Gasteiger partial charge on any atom is -0.370 e. The summed E-state index contributed by atoms with van der Waals surface area (Å²) in [7, 11) is 0. The lowest BCUT2D eigenvalue weighted by atomic mass is 10.00. The second kappa shape index (κ2) is 9.94. The first-order valence-electron chi connectivity index (χ1n) is 12.9. The average molecular weight is 518 g/mol. The molecule has 11 heteroatoms. The van der Waals surface area contributed by atoms with Crippen LogP contribution in [0.25, 0.3) is 10.9 Å². The predicted octanol–water partition coefficient (Wildman–Crippen LogP) is 2.15. The largest absolute Gasteiger partial charge is 0.370 e. The maximum Gasteiger partial charge on any atom is 0.257 e. The number of hydrogen-bond acceptors (Lipinski definition) is 6. The van der Waals surface area contributed by atoms with E-state index in [1.807, 2.05) is 8.61 Å². The molecule has 1 aromatic heterocycles. The summed E-state index contributed by atoms with van der Waals surface area (Å²) in [5, 5.41) is 0.638. The Bertz CT molecular complexity index is 1150. The summed E-state index contributed by atoms with van der Waals surface area (Å²) >= 11 is -1.15. The van der Waals surface area contributed by atoms with Crippen molar-refractivity contribution in [3.8, 4) is 0 Å². The Labute approximate surface area is 212 Å². The number of benzene rings is 1. The molecular weight excluding hydrogens is 485 g/mol. The van der Waals surface area contributed by atoms with Gasteiger partial charge in [0.25, 0.3) is 5.91 Å². The Hall–Kier alpha value is -2.18.